The molecular formula is C31H21NO2. The molecule has 0 fully saturated rings. The summed E-state index contributed by atoms with van der Waals surface area (Å²) in [5, 5.41) is 2.96. The van der Waals surface area contributed by atoms with Crippen LogP contribution >= 0.6 is 0 Å². The maximum Gasteiger partial charge on any atom is 0.256 e. The molecule has 162 valence electrons. The zero-order chi connectivity index (χ0) is 23.1. The molecule has 0 unspecified atom stereocenters. The van der Waals surface area contributed by atoms with Gasteiger partial charge in [0.1, 0.15) is 0 Å². The Morgan fingerprint density at radius 1 is 0.471 bits per heavy atom. The lowest BCUT2D eigenvalue weighted by Crippen LogP contribution is -2.16. The maximum absolute atomic E-state index is 13.1. The van der Waals surface area contributed by atoms with E-state index >= 15 is 0 Å². The topological polar surface area (TPSA) is 46.2 Å². The van der Waals surface area contributed by atoms with Crippen LogP contribution in [0.15, 0.2) is 120 Å². The number of nitrogens with one attached hydrogen (secondary N) is 1. The van der Waals surface area contributed by atoms with E-state index < -0.39 is 0 Å². The van der Waals surface area contributed by atoms with Gasteiger partial charge in [-0.2, -0.15) is 0 Å². The zero-order valence-electron chi connectivity index (χ0n) is 18.4. The molecule has 3 nitrogen and oxygen atoms in total. The van der Waals surface area contributed by atoms with Gasteiger partial charge < -0.3 is 5.32 Å². The Bertz CT molecular complexity index is 1360. The van der Waals surface area contributed by atoms with E-state index in [9.17, 15) is 9.59 Å². The molecule has 34 heavy (non-hydrogen) atoms. The van der Waals surface area contributed by atoms with Gasteiger partial charge >= 0.3 is 0 Å². The van der Waals surface area contributed by atoms with Crippen LogP contribution in [0, 0.1) is 0 Å². The normalized spacial score (nSPS) is 15.1. The number of carbonyl (C=O) groups is 2. The number of carbonyl (C=O) groups excluding carboxylic acids is 2. The average Bonchev–Trinajstić information content (AvgIpc) is 3.43. The predicted molar refractivity (Wildman–Crippen MR) is 135 cm³/mol. The van der Waals surface area contributed by atoms with Gasteiger partial charge in [0.15, 0.2) is 5.78 Å². The number of fused-ring (bicyclic) bond motifs is 1. The van der Waals surface area contributed by atoms with Gasteiger partial charge in [-0.3, -0.25) is 9.59 Å². The van der Waals surface area contributed by atoms with Crippen molar-refractivity contribution in [3.63, 3.8) is 0 Å². The van der Waals surface area contributed by atoms with Crippen molar-refractivity contribution in [2.45, 2.75) is 6.42 Å². The number of hydrogen-bond acceptors (Lipinski definition) is 2. The monoisotopic (exact) mass is 439 g/mol. The Kier molecular flexibility index (Phi) is 4.81. The Morgan fingerprint density at radius 2 is 0.912 bits per heavy atom. The largest absolute Gasteiger partial charge is 0.321 e. The van der Waals surface area contributed by atoms with E-state index in [1.807, 2.05) is 84.9 Å². The molecule has 0 saturated carbocycles. The van der Waals surface area contributed by atoms with Crippen molar-refractivity contribution in [1.82, 2.24) is 5.32 Å². The van der Waals surface area contributed by atoms with Crippen LogP contribution in [0.5, 0.6) is 0 Å². The van der Waals surface area contributed by atoms with E-state index in [-0.39, 0.29) is 18.1 Å². The summed E-state index contributed by atoms with van der Waals surface area (Å²) in [5.41, 5.74) is 8.64. The highest BCUT2D eigenvalue weighted by Crippen LogP contribution is 2.42. The van der Waals surface area contributed by atoms with Gasteiger partial charge in [0.25, 0.3) is 5.91 Å². The third kappa shape index (κ3) is 3.39. The molecule has 1 aliphatic heterocycles. The molecule has 2 aliphatic rings. The SMILES string of the molecule is O=C1CC(c2ccc(-c3ccccc3)cc2)=C2C(=O)NC(c3ccc(-c4ccccc4)cc3)=C12. The first kappa shape index (κ1) is 20.1. The third-order valence-electron chi connectivity index (χ3n) is 6.50. The number of hydrogen-bond donors (Lipinski definition) is 1. The van der Waals surface area contributed by atoms with Crippen LogP contribution in [0.4, 0.5) is 0 Å². The summed E-state index contributed by atoms with van der Waals surface area (Å²) in [5.74, 6) is -0.220. The van der Waals surface area contributed by atoms with Crippen molar-refractivity contribution in [3.8, 4) is 22.3 Å². The van der Waals surface area contributed by atoms with Gasteiger partial charge in [0.2, 0.25) is 0 Å². The molecule has 6 rings (SSSR count). The van der Waals surface area contributed by atoms with Crippen LogP contribution in [-0.4, -0.2) is 11.7 Å². The molecule has 0 spiro atoms. The molecule has 1 amide bonds. The second-order valence-corrected chi connectivity index (χ2v) is 8.54. The maximum atomic E-state index is 13.1. The Balaban J connectivity index is 1.37. The van der Waals surface area contributed by atoms with Gasteiger partial charge in [-0.15, -0.1) is 0 Å². The number of benzene rings is 4. The first-order chi connectivity index (χ1) is 16.7. The van der Waals surface area contributed by atoms with E-state index in [0.29, 0.717) is 16.8 Å². The van der Waals surface area contributed by atoms with Crippen LogP contribution in [0.25, 0.3) is 33.5 Å². The van der Waals surface area contributed by atoms with Crippen LogP contribution in [0.2, 0.25) is 0 Å². The van der Waals surface area contributed by atoms with E-state index in [0.717, 1.165) is 39.0 Å². The Hall–Kier alpha value is -4.50. The number of amides is 1. The fourth-order valence-corrected chi connectivity index (χ4v) is 4.80. The Labute approximate surface area is 198 Å². The highest BCUT2D eigenvalue weighted by molar-refractivity contribution is 6.31. The van der Waals surface area contributed by atoms with Crippen molar-refractivity contribution >= 4 is 23.0 Å². The second-order valence-electron chi connectivity index (χ2n) is 8.54. The Morgan fingerprint density at radius 3 is 1.44 bits per heavy atom. The molecule has 1 N–H and O–H groups in total. The van der Waals surface area contributed by atoms with Crippen molar-refractivity contribution in [2.24, 2.45) is 0 Å². The lowest BCUT2D eigenvalue weighted by Gasteiger charge is -2.08. The fourth-order valence-electron chi connectivity index (χ4n) is 4.80. The summed E-state index contributed by atoms with van der Waals surface area (Å²) < 4.78 is 0. The van der Waals surface area contributed by atoms with Gasteiger partial charge in [-0.1, -0.05) is 109 Å². The summed E-state index contributed by atoms with van der Waals surface area (Å²) in [6, 6.07) is 36.3. The number of rotatable bonds is 4. The lowest BCUT2D eigenvalue weighted by molar-refractivity contribution is -0.116. The van der Waals surface area contributed by atoms with Crippen LogP contribution < -0.4 is 5.32 Å². The van der Waals surface area contributed by atoms with Crippen LogP contribution in [0.1, 0.15) is 17.5 Å². The minimum Gasteiger partial charge on any atom is -0.321 e. The zero-order valence-corrected chi connectivity index (χ0v) is 18.4. The molecule has 0 saturated heterocycles. The van der Waals surface area contributed by atoms with Crippen molar-refractivity contribution in [2.75, 3.05) is 0 Å². The highest BCUT2D eigenvalue weighted by atomic mass is 16.2. The highest BCUT2D eigenvalue weighted by Gasteiger charge is 2.40. The summed E-state index contributed by atoms with van der Waals surface area (Å²) in [4.78, 5) is 26.0. The molecule has 4 aromatic rings. The second kappa shape index (κ2) is 8.13. The molecule has 3 heteroatoms. The number of ketones is 1. The van der Waals surface area contributed by atoms with Crippen LogP contribution in [-0.2, 0) is 9.59 Å². The van der Waals surface area contributed by atoms with E-state index in [1.165, 1.54) is 0 Å². The fraction of sp³-hybridized carbons (Fsp3) is 0.0323. The molecule has 0 bridgehead atoms. The smallest absolute Gasteiger partial charge is 0.256 e. The molecule has 0 atom stereocenters. The standard InChI is InChI=1S/C31H21NO2/c33-27-19-26(24-15-11-22(12-16-24)20-7-3-1-4-8-20)28-29(27)30(32-31(28)34)25-17-13-23(14-18-25)21-9-5-2-6-10-21/h1-18H,19H2,(H,32,34). The first-order valence-corrected chi connectivity index (χ1v) is 11.3. The molecule has 1 heterocycles. The van der Waals surface area contributed by atoms with Crippen LogP contribution in [0.3, 0.4) is 0 Å². The van der Waals surface area contributed by atoms with E-state index in [2.05, 4.69) is 29.6 Å². The third-order valence-corrected chi connectivity index (χ3v) is 6.50. The lowest BCUT2D eigenvalue weighted by atomic mass is 9.97. The molecular weight excluding hydrogens is 418 g/mol. The summed E-state index contributed by atoms with van der Waals surface area (Å²) >= 11 is 0. The van der Waals surface area contributed by atoms with Gasteiger partial charge in [-0.25, -0.2) is 0 Å². The number of allylic oxidation sites excluding steroid dienone is 1. The van der Waals surface area contributed by atoms with Crippen molar-refractivity contribution in [1.29, 1.82) is 0 Å². The number of Topliss-reactive ketones (excluding diaryl/α,β-unsaturated/α-hetero) is 1. The minimum absolute atomic E-state index is 0.0161. The first-order valence-electron chi connectivity index (χ1n) is 11.3. The van der Waals surface area contributed by atoms with Gasteiger partial charge in [0.05, 0.1) is 16.8 Å². The predicted octanol–water partition coefficient (Wildman–Crippen LogP) is 6.29. The quantitative estimate of drug-likeness (QED) is 0.406. The molecule has 0 radical (unpaired) electrons. The summed E-state index contributed by atoms with van der Waals surface area (Å²) in [6.07, 6.45) is 0.244. The molecule has 1 aliphatic carbocycles. The van der Waals surface area contributed by atoms with E-state index in [1.54, 1.807) is 0 Å². The van der Waals surface area contributed by atoms with Crippen molar-refractivity contribution in [3.05, 3.63) is 131 Å². The summed E-state index contributed by atoms with van der Waals surface area (Å²) in [6.45, 7) is 0. The average molecular weight is 440 g/mol. The molecule has 4 aromatic carbocycles. The minimum atomic E-state index is -0.204. The van der Waals surface area contributed by atoms with E-state index in [4.69, 9.17) is 0 Å². The van der Waals surface area contributed by atoms with Gasteiger partial charge in [0, 0.05) is 6.42 Å². The molecule has 0 aromatic heterocycles. The summed E-state index contributed by atoms with van der Waals surface area (Å²) in [7, 11) is 0. The van der Waals surface area contributed by atoms with Crippen molar-refractivity contribution < 1.29 is 9.59 Å². The van der Waals surface area contributed by atoms with Gasteiger partial charge in [-0.05, 0) is 39.0 Å².